The lowest BCUT2D eigenvalue weighted by molar-refractivity contribution is -0.138. The van der Waals surface area contributed by atoms with Gasteiger partial charge in [-0.15, -0.1) is 0 Å². The van der Waals surface area contributed by atoms with E-state index in [4.69, 9.17) is 5.26 Å². The highest BCUT2D eigenvalue weighted by molar-refractivity contribution is 6.09. The summed E-state index contributed by atoms with van der Waals surface area (Å²) in [5.41, 5.74) is -2.38. The van der Waals surface area contributed by atoms with Crippen LogP contribution in [0.3, 0.4) is 0 Å². The van der Waals surface area contributed by atoms with Crippen LogP contribution in [0.5, 0.6) is 0 Å². The Kier molecular flexibility index (Phi) is 5.59. The van der Waals surface area contributed by atoms with Crippen molar-refractivity contribution in [3.05, 3.63) is 70.8 Å². The van der Waals surface area contributed by atoms with Crippen LogP contribution < -0.4 is 5.32 Å². The number of hydrogen-bond donors (Lipinski definition) is 1. The lowest BCUT2D eigenvalue weighted by Gasteiger charge is -2.09. The first kappa shape index (κ1) is 20.0. The van der Waals surface area contributed by atoms with Crippen LogP contribution in [0.25, 0.3) is 6.08 Å². The van der Waals surface area contributed by atoms with Crippen LogP contribution in [-0.2, 0) is 17.1 Å². The Morgan fingerprint density at radius 3 is 2.04 bits per heavy atom. The third kappa shape index (κ3) is 5.34. The third-order valence-electron chi connectivity index (χ3n) is 3.36. The second-order valence-electron chi connectivity index (χ2n) is 5.32. The normalized spacial score (nSPS) is 12.4. The Labute approximate surface area is 149 Å². The van der Waals surface area contributed by atoms with Gasteiger partial charge >= 0.3 is 12.4 Å². The number of benzene rings is 2. The summed E-state index contributed by atoms with van der Waals surface area (Å²) in [6.45, 7) is 0. The molecular weight excluding hydrogens is 374 g/mol. The number of rotatable bonds is 3. The van der Waals surface area contributed by atoms with Gasteiger partial charge in [-0.2, -0.15) is 31.6 Å². The van der Waals surface area contributed by atoms with E-state index in [1.807, 2.05) is 0 Å². The van der Waals surface area contributed by atoms with Gasteiger partial charge in [0.25, 0.3) is 5.91 Å². The van der Waals surface area contributed by atoms with Crippen LogP contribution in [0, 0.1) is 11.3 Å². The highest BCUT2D eigenvalue weighted by Crippen LogP contribution is 2.31. The minimum absolute atomic E-state index is 0.152. The molecule has 0 unspecified atom stereocenters. The summed E-state index contributed by atoms with van der Waals surface area (Å²) in [5.74, 6) is -0.989. The summed E-state index contributed by atoms with van der Waals surface area (Å²) in [7, 11) is 0. The van der Waals surface area contributed by atoms with Crippen molar-refractivity contribution >= 4 is 17.7 Å². The number of halogens is 6. The molecule has 0 bridgehead atoms. The molecule has 9 heteroatoms. The molecule has 0 saturated carbocycles. The number of carbonyl (C=O) groups excluding carboxylic acids is 1. The first-order valence-electron chi connectivity index (χ1n) is 7.28. The van der Waals surface area contributed by atoms with Crippen LogP contribution in [-0.4, -0.2) is 5.91 Å². The van der Waals surface area contributed by atoms with E-state index in [0.717, 1.165) is 42.5 Å². The van der Waals surface area contributed by atoms with E-state index in [2.05, 4.69) is 5.32 Å². The van der Waals surface area contributed by atoms with Crippen molar-refractivity contribution in [3.8, 4) is 6.07 Å². The summed E-state index contributed by atoms with van der Waals surface area (Å²) in [6.07, 6.45) is -8.10. The van der Waals surface area contributed by atoms with Crippen molar-refractivity contribution in [3.63, 3.8) is 0 Å². The second-order valence-corrected chi connectivity index (χ2v) is 5.32. The number of hydrogen-bond acceptors (Lipinski definition) is 2. The van der Waals surface area contributed by atoms with Crippen molar-refractivity contribution in [1.29, 1.82) is 5.26 Å². The van der Waals surface area contributed by atoms with Gasteiger partial charge in [0.2, 0.25) is 0 Å². The molecule has 0 atom stereocenters. The molecule has 3 nitrogen and oxygen atoms in total. The lowest BCUT2D eigenvalue weighted by atomic mass is 10.1. The van der Waals surface area contributed by atoms with Crippen molar-refractivity contribution < 1.29 is 31.1 Å². The smallest absolute Gasteiger partial charge is 0.321 e. The summed E-state index contributed by atoms with van der Waals surface area (Å²) in [6, 6.07) is 9.08. The summed E-state index contributed by atoms with van der Waals surface area (Å²) in [4.78, 5) is 12.1. The van der Waals surface area contributed by atoms with E-state index in [0.29, 0.717) is 6.07 Å². The van der Waals surface area contributed by atoms with Gasteiger partial charge in [-0.25, -0.2) is 0 Å². The molecule has 2 aromatic rings. The zero-order valence-electron chi connectivity index (χ0n) is 13.3. The molecule has 2 rings (SSSR count). The predicted octanol–water partition coefficient (Wildman–Crippen LogP) is 5.27. The molecule has 0 aliphatic carbocycles. The number of nitriles is 1. The summed E-state index contributed by atoms with van der Waals surface area (Å²) >= 11 is 0. The van der Waals surface area contributed by atoms with Gasteiger partial charge in [-0.3, -0.25) is 4.79 Å². The summed E-state index contributed by atoms with van der Waals surface area (Å²) < 4.78 is 75.6. The van der Waals surface area contributed by atoms with Gasteiger partial charge in [0.15, 0.2) is 0 Å². The van der Waals surface area contributed by atoms with E-state index in [1.54, 1.807) is 6.07 Å². The van der Waals surface area contributed by atoms with Gasteiger partial charge in [-0.1, -0.05) is 18.2 Å². The standard InChI is InChI=1S/C18H10F6N2O/c19-17(20,21)13-6-4-11(5-7-13)8-12(10-25)16(27)26-15-3-1-2-14(9-15)18(22,23)24/h1-9H,(H,26,27)/b12-8-. The van der Waals surface area contributed by atoms with Crippen LogP contribution in [0.15, 0.2) is 54.1 Å². The molecule has 0 aliphatic rings. The molecule has 0 spiro atoms. The Hall–Kier alpha value is -3.28. The largest absolute Gasteiger partial charge is 0.416 e. The van der Waals surface area contributed by atoms with E-state index in [-0.39, 0.29) is 11.3 Å². The first-order valence-corrected chi connectivity index (χ1v) is 7.28. The van der Waals surface area contributed by atoms with E-state index in [9.17, 15) is 31.1 Å². The molecule has 0 fully saturated rings. The SMILES string of the molecule is N#C/C(=C/c1ccc(C(F)(F)F)cc1)C(=O)Nc1cccc(C(F)(F)F)c1. The van der Waals surface area contributed by atoms with Crippen LogP contribution in [0.2, 0.25) is 0 Å². The minimum atomic E-state index is -4.60. The number of nitrogens with one attached hydrogen (secondary N) is 1. The van der Waals surface area contributed by atoms with Crippen molar-refractivity contribution in [2.75, 3.05) is 5.32 Å². The van der Waals surface area contributed by atoms with Gasteiger partial charge < -0.3 is 5.32 Å². The van der Waals surface area contributed by atoms with Gasteiger partial charge in [-0.05, 0) is 42.0 Å². The molecule has 0 saturated heterocycles. The molecule has 0 aliphatic heterocycles. The Bertz CT molecular complexity index is 905. The van der Waals surface area contributed by atoms with Gasteiger partial charge in [0.1, 0.15) is 11.6 Å². The molecule has 0 heterocycles. The average molecular weight is 384 g/mol. The number of nitrogens with zero attached hydrogens (tertiary/aromatic N) is 1. The quantitative estimate of drug-likeness (QED) is 0.445. The number of amides is 1. The fraction of sp³-hybridized carbons (Fsp3) is 0.111. The zero-order valence-corrected chi connectivity index (χ0v) is 13.3. The van der Waals surface area contributed by atoms with Crippen molar-refractivity contribution in [2.45, 2.75) is 12.4 Å². The molecule has 1 amide bonds. The van der Waals surface area contributed by atoms with Crippen molar-refractivity contribution in [1.82, 2.24) is 0 Å². The molecule has 1 N–H and O–H groups in total. The molecule has 140 valence electrons. The Morgan fingerprint density at radius 1 is 0.926 bits per heavy atom. The number of anilines is 1. The topological polar surface area (TPSA) is 52.9 Å². The van der Waals surface area contributed by atoms with E-state index < -0.39 is 35.0 Å². The average Bonchev–Trinajstić information content (AvgIpc) is 2.58. The van der Waals surface area contributed by atoms with Gasteiger partial charge in [0, 0.05) is 5.69 Å². The Balaban J connectivity index is 2.21. The fourth-order valence-corrected chi connectivity index (χ4v) is 2.06. The van der Waals surface area contributed by atoms with Crippen LogP contribution in [0.1, 0.15) is 16.7 Å². The third-order valence-corrected chi connectivity index (χ3v) is 3.36. The molecule has 0 radical (unpaired) electrons. The maximum absolute atomic E-state index is 12.7. The first-order chi connectivity index (χ1) is 12.5. The van der Waals surface area contributed by atoms with Gasteiger partial charge in [0.05, 0.1) is 11.1 Å². The fourth-order valence-electron chi connectivity index (χ4n) is 2.06. The lowest BCUT2D eigenvalue weighted by Crippen LogP contribution is -2.14. The minimum Gasteiger partial charge on any atom is -0.321 e. The molecule has 27 heavy (non-hydrogen) atoms. The van der Waals surface area contributed by atoms with Crippen LogP contribution >= 0.6 is 0 Å². The highest BCUT2D eigenvalue weighted by atomic mass is 19.4. The number of carbonyl (C=O) groups is 1. The van der Waals surface area contributed by atoms with Crippen molar-refractivity contribution in [2.24, 2.45) is 0 Å². The predicted molar refractivity (Wildman–Crippen MR) is 85.1 cm³/mol. The second kappa shape index (κ2) is 7.53. The monoisotopic (exact) mass is 384 g/mol. The van der Waals surface area contributed by atoms with E-state index in [1.165, 1.54) is 6.07 Å². The molecule has 2 aromatic carbocycles. The Morgan fingerprint density at radius 2 is 1.52 bits per heavy atom. The summed E-state index contributed by atoms with van der Waals surface area (Å²) in [5, 5.41) is 11.2. The molecular formula is C18H10F6N2O. The van der Waals surface area contributed by atoms with Crippen LogP contribution in [0.4, 0.5) is 32.0 Å². The zero-order chi connectivity index (χ0) is 20.2. The highest BCUT2D eigenvalue weighted by Gasteiger charge is 2.31. The van der Waals surface area contributed by atoms with E-state index >= 15 is 0 Å². The maximum atomic E-state index is 12.7. The maximum Gasteiger partial charge on any atom is 0.416 e. The number of alkyl halides is 6. The molecule has 0 aromatic heterocycles.